The number of amides is 1. The first-order valence-electron chi connectivity index (χ1n) is 7.75. The van der Waals surface area contributed by atoms with Crippen LogP contribution in [0.15, 0.2) is 24.3 Å². The van der Waals surface area contributed by atoms with Gasteiger partial charge in [-0.15, -0.1) is 0 Å². The highest BCUT2D eigenvalue weighted by Crippen LogP contribution is 2.32. The monoisotopic (exact) mass is 336 g/mol. The molecule has 0 aromatic heterocycles. The van der Waals surface area contributed by atoms with E-state index in [9.17, 15) is 24.8 Å². The zero-order valence-corrected chi connectivity index (χ0v) is 13.4. The van der Waals surface area contributed by atoms with Crippen LogP contribution in [0.1, 0.15) is 32.6 Å². The highest BCUT2D eigenvalue weighted by Gasteiger charge is 2.42. The van der Waals surface area contributed by atoms with E-state index >= 15 is 0 Å². The average Bonchev–Trinajstić information content (AvgIpc) is 2.55. The van der Waals surface area contributed by atoms with Crippen LogP contribution in [0.5, 0.6) is 5.75 Å². The molecule has 2 N–H and O–H groups in total. The van der Waals surface area contributed by atoms with E-state index in [1.807, 2.05) is 6.92 Å². The van der Waals surface area contributed by atoms with Crippen LogP contribution in [-0.2, 0) is 9.59 Å². The Morgan fingerprint density at radius 3 is 2.58 bits per heavy atom. The maximum Gasteiger partial charge on any atom is 0.329 e. The van der Waals surface area contributed by atoms with E-state index < -0.39 is 28.9 Å². The summed E-state index contributed by atoms with van der Waals surface area (Å²) in [5.74, 6) is -1.27. The van der Waals surface area contributed by atoms with Gasteiger partial charge in [0.15, 0.2) is 12.4 Å². The largest absolute Gasteiger partial charge is 0.480 e. The summed E-state index contributed by atoms with van der Waals surface area (Å²) in [6, 6.07) is 5.71. The number of para-hydroxylation sites is 2. The average molecular weight is 336 g/mol. The van der Waals surface area contributed by atoms with Crippen molar-refractivity contribution in [3.05, 3.63) is 34.4 Å². The van der Waals surface area contributed by atoms with Gasteiger partial charge >= 0.3 is 11.7 Å². The van der Waals surface area contributed by atoms with Crippen LogP contribution in [-0.4, -0.2) is 34.1 Å². The molecule has 1 aliphatic rings. The van der Waals surface area contributed by atoms with E-state index in [1.165, 1.54) is 18.2 Å². The van der Waals surface area contributed by atoms with Crippen molar-refractivity contribution in [2.45, 2.75) is 38.1 Å². The normalized spacial score (nSPS) is 23.3. The number of aliphatic carboxylic acids is 1. The molecule has 0 atom stereocenters. The van der Waals surface area contributed by atoms with Gasteiger partial charge in [0.05, 0.1) is 4.92 Å². The third kappa shape index (κ3) is 4.01. The number of nitro benzene ring substituents is 1. The lowest BCUT2D eigenvalue weighted by Gasteiger charge is -2.36. The molecule has 24 heavy (non-hydrogen) atoms. The smallest absolute Gasteiger partial charge is 0.329 e. The Morgan fingerprint density at radius 1 is 1.38 bits per heavy atom. The second-order valence-corrected chi connectivity index (χ2v) is 6.13. The molecule has 1 aliphatic carbocycles. The number of carbonyl (C=O) groups excluding carboxylic acids is 1. The van der Waals surface area contributed by atoms with Crippen molar-refractivity contribution in [1.29, 1.82) is 0 Å². The van der Waals surface area contributed by atoms with Crippen molar-refractivity contribution in [2.24, 2.45) is 5.92 Å². The number of nitrogens with one attached hydrogen (secondary N) is 1. The first-order chi connectivity index (χ1) is 11.3. The molecule has 8 heteroatoms. The fraction of sp³-hybridized carbons (Fsp3) is 0.500. The van der Waals surface area contributed by atoms with E-state index in [0.717, 1.165) is 12.8 Å². The van der Waals surface area contributed by atoms with E-state index in [-0.39, 0.29) is 11.4 Å². The van der Waals surface area contributed by atoms with Gasteiger partial charge in [-0.2, -0.15) is 0 Å². The fourth-order valence-electron chi connectivity index (χ4n) is 2.82. The predicted octanol–water partition coefficient (Wildman–Crippen LogP) is 2.12. The van der Waals surface area contributed by atoms with Gasteiger partial charge in [0, 0.05) is 6.07 Å². The second kappa shape index (κ2) is 7.29. The number of hydrogen-bond acceptors (Lipinski definition) is 5. The van der Waals surface area contributed by atoms with Crippen molar-refractivity contribution in [2.75, 3.05) is 6.61 Å². The number of nitrogens with zero attached hydrogens (tertiary/aromatic N) is 1. The predicted molar refractivity (Wildman–Crippen MR) is 84.7 cm³/mol. The fourth-order valence-corrected chi connectivity index (χ4v) is 2.82. The van der Waals surface area contributed by atoms with Crippen molar-refractivity contribution in [3.63, 3.8) is 0 Å². The number of carboxylic acids is 1. The minimum Gasteiger partial charge on any atom is -0.480 e. The van der Waals surface area contributed by atoms with Crippen molar-refractivity contribution >= 4 is 17.6 Å². The Balaban J connectivity index is 2.00. The first-order valence-corrected chi connectivity index (χ1v) is 7.75. The molecule has 0 radical (unpaired) electrons. The molecule has 1 fully saturated rings. The number of benzene rings is 1. The van der Waals surface area contributed by atoms with E-state index in [4.69, 9.17) is 4.74 Å². The van der Waals surface area contributed by atoms with E-state index in [2.05, 4.69) is 5.32 Å². The second-order valence-electron chi connectivity index (χ2n) is 6.13. The summed E-state index contributed by atoms with van der Waals surface area (Å²) >= 11 is 0. The molecule has 8 nitrogen and oxygen atoms in total. The molecule has 0 spiro atoms. The molecular weight excluding hydrogens is 316 g/mol. The molecule has 0 bridgehead atoms. The summed E-state index contributed by atoms with van der Waals surface area (Å²) < 4.78 is 5.20. The number of nitro groups is 1. The third-order valence-electron chi connectivity index (χ3n) is 4.34. The Morgan fingerprint density at radius 2 is 2.00 bits per heavy atom. The highest BCUT2D eigenvalue weighted by molar-refractivity contribution is 5.87. The van der Waals surface area contributed by atoms with Gasteiger partial charge in [0.2, 0.25) is 0 Å². The van der Waals surface area contributed by atoms with E-state index in [1.54, 1.807) is 6.07 Å². The summed E-state index contributed by atoms with van der Waals surface area (Å²) in [7, 11) is 0. The molecule has 0 aliphatic heterocycles. The van der Waals surface area contributed by atoms with Crippen LogP contribution < -0.4 is 10.1 Å². The Kier molecular flexibility index (Phi) is 5.38. The van der Waals surface area contributed by atoms with Crippen molar-refractivity contribution in [3.8, 4) is 5.75 Å². The summed E-state index contributed by atoms with van der Waals surface area (Å²) in [6.07, 6.45) is 2.16. The number of carbonyl (C=O) groups is 2. The zero-order chi connectivity index (χ0) is 17.7. The Bertz CT molecular complexity index is 637. The highest BCUT2D eigenvalue weighted by atomic mass is 16.6. The summed E-state index contributed by atoms with van der Waals surface area (Å²) in [5, 5.41) is 22.9. The summed E-state index contributed by atoms with van der Waals surface area (Å²) in [5.41, 5.74) is -1.53. The molecule has 0 saturated heterocycles. The van der Waals surface area contributed by atoms with Gasteiger partial charge in [-0.1, -0.05) is 19.1 Å². The van der Waals surface area contributed by atoms with Gasteiger partial charge in [0.25, 0.3) is 5.91 Å². The first kappa shape index (κ1) is 17.7. The van der Waals surface area contributed by atoms with Crippen molar-refractivity contribution < 1.29 is 24.4 Å². The molecule has 1 aromatic rings. The van der Waals surface area contributed by atoms with Gasteiger partial charge in [0.1, 0.15) is 5.54 Å². The molecular formula is C16H20N2O6. The van der Waals surface area contributed by atoms with Gasteiger partial charge in [-0.05, 0) is 37.7 Å². The summed E-state index contributed by atoms with van der Waals surface area (Å²) in [6.45, 7) is 1.57. The quantitative estimate of drug-likeness (QED) is 0.606. The van der Waals surface area contributed by atoms with Gasteiger partial charge in [-0.25, -0.2) is 4.79 Å². The third-order valence-corrected chi connectivity index (χ3v) is 4.34. The van der Waals surface area contributed by atoms with Crippen LogP contribution in [0.3, 0.4) is 0 Å². The lowest BCUT2D eigenvalue weighted by molar-refractivity contribution is -0.385. The summed E-state index contributed by atoms with van der Waals surface area (Å²) in [4.78, 5) is 34.0. The maximum atomic E-state index is 12.1. The van der Waals surface area contributed by atoms with Crippen LogP contribution in [0.2, 0.25) is 0 Å². The molecule has 0 heterocycles. The van der Waals surface area contributed by atoms with Crippen LogP contribution in [0.25, 0.3) is 0 Å². The Hall–Kier alpha value is -2.64. The molecule has 1 amide bonds. The number of carboxylic acid groups (broad SMARTS) is 1. The van der Waals surface area contributed by atoms with E-state index in [0.29, 0.717) is 18.8 Å². The molecule has 0 unspecified atom stereocenters. The van der Waals surface area contributed by atoms with Crippen molar-refractivity contribution in [1.82, 2.24) is 5.32 Å². The number of hydrogen-bond donors (Lipinski definition) is 2. The number of rotatable bonds is 6. The Labute approximate surface area is 139 Å². The lowest BCUT2D eigenvalue weighted by Crippen LogP contribution is -2.57. The standard InChI is InChI=1S/C16H20N2O6/c1-11-6-8-16(9-7-11,15(20)21)17-14(19)10-24-13-5-3-2-4-12(13)18(22)23/h2-5,11H,6-10H2,1H3,(H,17,19)(H,20,21). The number of ether oxygens (including phenoxy) is 1. The van der Waals surface area contributed by atoms with Crippen LogP contribution in [0.4, 0.5) is 5.69 Å². The molecule has 130 valence electrons. The molecule has 1 saturated carbocycles. The minimum atomic E-state index is -1.28. The lowest BCUT2D eigenvalue weighted by atomic mass is 9.77. The molecule has 2 rings (SSSR count). The van der Waals surface area contributed by atoms with Crippen LogP contribution in [0, 0.1) is 16.0 Å². The topological polar surface area (TPSA) is 119 Å². The minimum absolute atomic E-state index is 0.0284. The van der Waals surface area contributed by atoms with Gasteiger partial charge < -0.3 is 15.2 Å². The van der Waals surface area contributed by atoms with Gasteiger partial charge in [-0.3, -0.25) is 14.9 Å². The molecule has 1 aromatic carbocycles. The van der Waals surface area contributed by atoms with Crippen LogP contribution >= 0.6 is 0 Å². The zero-order valence-electron chi connectivity index (χ0n) is 13.4. The maximum absolute atomic E-state index is 12.1. The SMILES string of the molecule is CC1CCC(NC(=O)COc2ccccc2[N+](=O)[O-])(C(=O)O)CC1.